The largest absolute Gasteiger partial charge is 0.423 e. The average Bonchev–Trinajstić information content (AvgIpc) is 3.35. The first-order valence-corrected chi connectivity index (χ1v) is 9.88. The number of piperidine rings is 1. The van der Waals surface area contributed by atoms with E-state index in [0.29, 0.717) is 18.5 Å². The second kappa shape index (κ2) is 7.98. The lowest BCUT2D eigenvalue weighted by atomic mass is 9.97. The lowest BCUT2D eigenvalue weighted by Crippen LogP contribution is -2.46. The van der Waals surface area contributed by atoms with Gasteiger partial charge in [0, 0.05) is 25.7 Å². The van der Waals surface area contributed by atoms with E-state index < -0.39 is 11.8 Å². The quantitative estimate of drug-likeness (QED) is 0.806. The SMILES string of the molecule is O=C(NCC1CCN(c2nc3ccccc3o2)CC1)C(=O)NC1CCCC1. The van der Waals surface area contributed by atoms with Crippen LogP contribution in [-0.4, -0.2) is 42.5 Å². The van der Waals surface area contributed by atoms with E-state index in [9.17, 15) is 9.59 Å². The van der Waals surface area contributed by atoms with E-state index >= 15 is 0 Å². The highest BCUT2D eigenvalue weighted by molar-refractivity contribution is 6.35. The van der Waals surface area contributed by atoms with Gasteiger partial charge >= 0.3 is 11.8 Å². The van der Waals surface area contributed by atoms with E-state index in [1.165, 1.54) is 0 Å². The second-order valence-electron chi connectivity index (χ2n) is 7.56. The molecule has 2 heterocycles. The number of nitrogens with one attached hydrogen (secondary N) is 2. The fourth-order valence-electron chi connectivity index (χ4n) is 3.96. The third-order valence-corrected chi connectivity index (χ3v) is 5.62. The van der Waals surface area contributed by atoms with Gasteiger partial charge in [0.1, 0.15) is 5.52 Å². The van der Waals surface area contributed by atoms with E-state index in [-0.39, 0.29) is 6.04 Å². The van der Waals surface area contributed by atoms with Gasteiger partial charge in [-0.3, -0.25) is 9.59 Å². The Morgan fingerprint density at radius 2 is 1.81 bits per heavy atom. The highest BCUT2D eigenvalue weighted by atomic mass is 16.4. The highest BCUT2D eigenvalue weighted by Gasteiger charge is 2.25. The first kappa shape index (κ1) is 17.8. The summed E-state index contributed by atoms with van der Waals surface area (Å²) in [6.07, 6.45) is 6.09. The summed E-state index contributed by atoms with van der Waals surface area (Å²) in [6, 6.07) is 8.59. The summed E-state index contributed by atoms with van der Waals surface area (Å²) < 4.78 is 5.83. The minimum Gasteiger partial charge on any atom is -0.423 e. The summed E-state index contributed by atoms with van der Waals surface area (Å²) in [5, 5.41) is 5.62. The summed E-state index contributed by atoms with van der Waals surface area (Å²) in [4.78, 5) is 30.6. The van der Waals surface area contributed by atoms with Crippen molar-refractivity contribution in [2.75, 3.05) is 24.5 Å². The number of benzene rings is 1. The van der Waals surface area contributed by atoms with E-state index in [2.05, 4.69) is 20.5 Å². The molecule has 1 aromatic heterocycles. The highest BCUT2D eigenvalue weighted by Crippen LogP contribution is 2.26. The molecule has 1 saturated heterocycles. The molecule has 0 atom stereocenters. The van der Waals surface area contributed by atoms with Gasteiger partial charge in [-0.05, 0) is 43.7 Å². The summed E-state index contributed by atoms with van der Waals surface area (Å²) in [5.74, 6) is -0.636. The van der Waals surface area contributed by atoms with Crippen molar-refractivity contribution in [2.45, 2.75) is 44.6 Å². The number of aromatic nitrogens is 1. The number of hydrogen-bond donors (Lipinski definition) is 2. The number of anilines is 1. The van der Waals surface area contributed by atoms with Crippen LogP contribution in [0.25, 0.3) is 11.1 Å². The standard InChI is InChI=1S/C20H26N4O3/c25-18(19(26)22-15-5-1-2-6-15)21-13-14-9-11-24(12-10-14)20-23-16-7-3-4-8-17(16)27-20/h3-4,7-8,14-15H,1-2,5-6,9-13H2,(H,21,25)(H,22,26). The number of amides is 2. The third kappa shape index (κ3) is 4.23. The Morgan fingerprint density at radius 1 is 1.07 bits per heavy atom. The number of para-hydroxylation sites is 2. The van der Waals surface area contributed by atoms with Gasteiger partial charge in [-0.1, -0.05) is 25.0 Å². The average molecular weight is 370 g/mol. The van der Waals surface area contributed by atoms with Crippen LogP contribution in [0.15, 0.2) is 28.7 Å². The van der Waals surface area contributed by atoms with Crippen LogP contribution in [0.4, 0.5) is 6.01 Å². The van der Waals surface area contributed by atoms with Gasteiger partial charge < -0.3 is 20.0 Å². The summed E-state index contributed by atoms with van der Waals surface area (Å²) in [5.41, 5.74) is 1.67. The smallest absolute Gasteiger partial charge is 0.309 e. The Kier molecular flexibility index (Phi) is 5.27. The second-order valence-corrected chi connectivity index (χ2v) is 7.56. The maximum Gasteiger partial charge on any atom is 0.309 e. The number of hydrogen-bond acceptors (Lipinski definition) is 5. The molecule has 2 N–H and O–H groups in total. The maximum absolute atomic E-state index is 12.0. The maximum atomic E-state index is 12.0. The lowest BCUT2D eigenvalue weighted by Gasteiger charge is -2.30. The van der Waals surface area contributed by atoms with Crippen LogP contribution in [0.1, 0.15) is 38.5 Å². The van der Waals surface area contributed by atoms with Crippen LogP contribution >= 0.6 is 0 Å². The minimum atomic E-state index is -0.511. The van der Waals surface area contributed by atoms with Crippen molar-refractivity contribution in [1.29, 1.82) is 0 Å². The van der Waals surface area contributed by atoms with Crippen molar-refractivity contribution >= 4 is 28.9 Å². The van der Waals surface area contributed by atoms with Crippen molar-refractivity contribution in [1.82, 2.24) is 15.6 Å². The van der Waals surface area contributed by atoms with E-state index in [1.807, 2.05) is 24.3 Å². The van der Waals surface area contributed by atoms with Gasteiger partial charge in [0.05, 0.1) is 0 Å². The molecule has 0 spiro atoms. The van der Waals surface area contributed by atoms with Gasteiger partial charge in [0.25, 0.3) is 6.01 Å². The number of carbonyl (C=O) groups is 2. The fourth-order valence-corrected chi connectivity index (χ4v) is 3.96. The van der Waals surface area contributed by atoms with Crippen LogP contribution in [-0.2, 0) is 9.59 Å². The number of fused-ring (bicyclic) bond motifs is 1. The Hall–Kier alpha value is -2.57. The lowest BCUT2D eigenvalue weighted by molar-refractivity contribution is -0.139. The molecule has 7 nitrogen and oxygen atoms in total. The Morgan fingerprint density at radius 3 is 2.56 bits per heavy atom. The van der Waals surface area contributed by atoms with E-state index in [0.717, 1.165) is 62.7 Å². The molecule has 144 valence electrons. The molecule has 0 unspecified atom stereocenters. The first-order chi connectivity index (χ1) is 13.2. The Balaban J connectivity index is 1.22. The zero-order valence-electron chi connectivity index (χ0n) is 15.4. The van der Waals surface area contributed by atoms with Gasteiger partial charge in [-0.25, -0.2) is 0 Å². The van der Waals surface area contributed by atoms with Crippen LogP contribution in [0.3, 0.4) is 0 Å². The van der Waals surface area contributed by atoms with E-state index in [1.54, 1.807) is 0 Å². The van der Waals surface area contributed by atoms with E-state index in [4.69, 9.17) is 4.42 Å². The zero-order chi connectivity index (χ0) is 18.6. The molecule has 0 bridgehead atoms. The van der Waals surface area contributed by atoms with Gasteiger partial charge in [0.15, 0.2) is 5.58 Å². The number of carbonyl (C=O) groups excluding carboxylic acids is 2. The summed E-state index contributed by atoms with van der Waals surface area (Å²) in [7, 11) is 0. The molecular formula is C20H26N4O3. The van der Waals surface area contributed by atoms with Gasteiger partial charge in [0.2, 0.25) is 0 Å². The molecule has 1 aromatic carbocycles. The van der Waals surface area contributed by atoms with Crippen molar-refractivity contribution in [2.24, 2.45) is 5.92 Å². The number of oxazole rings is 1. The van der Waals surface area contributed by atoms with Gasteiger partial charge in [-0.15, -0.1) is 0 Å². The predicted molar refractivity (Wildman–Crippen MR) is 102 cm³/mol. The topological polar surface area (TPSA) is 87.5 Å². The normalized spacial score (nSPS) is 18.7. The summed E-state index contributed by atoms with van der Waals surface area (Å²) in [6.45, 7) is 2.21. The van der Waals surface area contributed by atoms with Crippen molar-refractivity contribution < 1.29 is 14.0 Å². The molecule has 1 aliphatic heterocycles. The molecule has 1 saturated carbocycles. The molecule has 4 rings (SSSR count). The zero-order valence-corrected chi connectivity index (χ0v) is 15.4. The molecule has 2 aliphatic rings. The molecule has 0 radical (unpaired) electrons. The van der Waals surface area contributed by atoms with Crippen molar-refractivity contribution in [3.05, 3.63) is 24.3 Å². The Labute approximate surface area is 158 Å². The molecule has 27 heavy (non-hydrogen) atoms. The molecule has 2 amide bonds. The molecular weight excluding hydrogens is 344 g/mol. The number of rotatable bonds is 4. The monoisotopic (exact) mass is 370 g/mol. The molecule has 1 aliphatic carbocycles. The van der Waals surface area contributed by atoms with Crippen LogP contribution in [0.5, 0.6) is 0 Å². The van der Waals surface area contributed by atoms with Crippen molar-refractivity contribution in [3.8, 4) is 0 Å². The Bertz CT molecular complexity index is 771. The molecule has 2 aromatic rings. The molecule has 2 fully saturated rings. The summed E-state index contributed by atoms with van der Waals surface area (Å²) >= 11 is 0. The fraction of sp³-hybridized carbons (Fsp3) is 0.550. The van der Waals surface area contributed by atoms with Crippen LogP contribution in [0.2, 0.25) is 0 Å². The molecule has 7 heteroatoms. The van der Waals surface area contributed by atoms with Gasteiger partial charge in [-0.2, -0.15) is 4.98 Å². The minimum absolute atomic E-state index is 0.169. The first-order valence-electron chi connectivity index (χ1n) is 9.88. The van der Waals surface area contributed by atoms with Crippen molar-refractivity contribution in [3.63, 3.8) is 0 Å². The number of nitrogens with zero attached hydrogens (tertiary/aromatic N) is 2. The third-order valence-electron chi connectivity index (χ3n) is 5.62. The predicted octanol–water partition coefficient (Wildman–Crippen LogP) is 2.22. The van der Waals surface area contributed by atoms with Crippen LogP contribution in [0, 0.1) is 5.92 Å². The van der Waals surface area contributed by atoms with Crippen LogP contribution < -0.4 is 15.5 Å².